The van der Waals surface area contributed by atoms with E-state index in [0.29, 0.717) is 13.1 Å². The fraction of sp³-hybridized carbons (Fsp3) is 0.263. The summed E-state index contributed by atoms with van der Waals surface area (Å²) in [6.07, 6.45) is 0.247. The third-order valence-corrected chi connectivity index (χ3v) is 4.21. The van der Waals surface area contributed by atoms with Crippen molar-refractivity contribution in [3.63, 3.8) is 0 Å². The molecule has 130 valence electrons. The van der Waals surface area contributed by atoms with Crippen molar-refractivity contribution in [1.29, 1.82) is 0 Å². The number of aryl methyl sites for hydroxylation is 1. The first-order valence-corrected chi connectivity index (χ1v) is 8.16. The van der Waals surface area contributed by atoms with Crippen molar-refractivity contribution < 1.29 is 14.0 Å². The largest absolute Gasteiger partial charge is 0.336 e. The van der Waals surface area contributed by atoms with Crippen LogP contribution in [0.25, 0.3) is 0 Å². The quantitative estimate of drug-likeness (QED) is 0.898. The molecule has 1 heterocycles. The third-order valence-electron chi connectivity index (χ3n) is 4.21. The van der Waals surface area contributed by atoms with Gasteiger partial charge in [0.1, 0.15) is 5.82 Å². The second kappa shape index (κ2) is 7.34. The van der Waals surface area contributed by atoms with Gasteiger partial charge in [-0.2, -0.15) is 0 Å². The van der Waals surface area contributed by atoms with Crippen LogP contribution in [0.5, 0.6) is 0 Å². The van der Waals surface area contributed by atoms with Crippen molar-refractivity contribution in [1.82, 2.24) is 10.2 Å². The SMILES string of the molecule is Cc1ccccc1NC(=O)N[C@H]1CC(=O)N(Cc2cccc(F)c2)C1. The molecule has 0 saturated carbocycles. The zero-order chi connectivity index (χ0) is 17.8. The van der Waals surface area contributed by atoms with Crippen LogP contribution in [0.15, 0.2) is 48.5 Å². The Labute approximate surface area is 145 Å². The number of amides is 3. The van der Waals surface area contributed by atoms with Gasteiger partial charge in [-0.15, -0.1) is 0 Å². The lowest BCUT2D eigenvalue weighted by Gasteiger charge is -2.17. The lowest BCUT2D eigenvalue weighted by molar-refractivity contribution is -0.128. The summed E-state index contributed by atoms with van der Waals surface area (Å²) in [6, 6.07) is 13.1. The number of hydrogen-bond acceptors (Lipinski definition) is 2. The summed E-state index contributed by atoms with van der Waals surface area (Å²) in [7, 11) is 0. The third kappa shape index (κ3) is 4.35. The highest BCUT2D eigenvalue weighted by atomic mass is 19.1. The number of benzene rings is 2. The minimum atomic E-state index is -0.334. The van der Waals surface area contributed by atoms with Crippen LogP contribution < -0.4 is 10.6 Å². The smallest absolute Gasteiger partial charge is 0.319 e. The first-order chi connectivity index (χ1) is 12.0. The lowest BCUT2D eigenvalue weighted by atomic mass is 10.2. The van der Waals surface area contributed by atoms with E-state index in [2.05, 4.69) is 10.6 Å². The van der Waals surface area contributed by atoms with Gasteiger partial charge in [0.05, 0.1) is 6.04 Å². The number of halogens is 1. The van der Waals surface area contributed by atoms with Crippen molar-refractivity contribution in [2.24, 2.45) is 0 Å². The van der Waals surface area contributed by atoms with Crippen molar-refractivity contribution in [3.05, 3.63) is 65.5 Å². The number of likely N-dealkylation sites (tertiary alicyclic amines) is 1. The number of carbonyl (C=O) groups excluding carboxylic acids is 2. The van der Waals surface area contributed by atoms with E-state index in [1.807, 2.05) is 31.2 Å². The van der Waals surface area contributed by atoms with Gasteiger partial charge >= 0.3 is 6.03 Å². The van der Waals surface area contributed by atoms with E-state index in [9.17, 15) is 14.0 Å². The van der Waals surface area contributed by atoms with Gasteiger partial charge in [0.25, 0.3) is 0 Å². The van der Waals surface area contributed by atoms with Crippen molar-refractivity contribution >= 4 is 17.6 Å². The zero-order valence-electron chi connectivity index (χ0n) is 14.0. The Hall–Kier alpha value is -2.89. The molecule has 3 rings (SSSR count). The molecule has 2 aromatic carbocycles. The molecule has 0 radical (unpaired) electrons. The van der Waals surface area contributed by atoms with E-state index < -0.39 is 0 Å². The summed E-state index contributed by atoms with van der Waals surface area (Å²) in [5.41, 5.74) is 2.44. The normalized spacial score (nSPS) is 16.8. The van der Waals surface area contributed by atoms with Crippen molar-refractivity contribution in [3.8, 4) is 0 Å². The summed E-state index contributed by atoms with van der Waals surface area (Å²) in [6.45, 7) is 2.67. The molecule has 2 aromatic rings. The number of para-hydroxylation sites is 1. The Kier molecular flexibility index (Phi) is 4.97. The average Bonchev–Trinajstić information content (AvgIpc) is 2.89. The fourth-order valence-electron chi connectivity index (χ4n) is 2.93. The predicted octanol–water partition coefficient (Wildman–Crippen LogP) is 3.06. The number of rotatable bonds is 4. The number of nitrogens with zero attached hydrogens (tertiary/aromatic N) is 1. The summed E-state index contributed by atoms with van der Waals surface area (Å²) >= 11 is 0. The average molecular weight is 341 g/mol. The molecule has 25 heavy (non-hydrogen) atoms. The molecule has 0 bridgehead atoms. The molecule has 2 N–H and O–H groups in total. The second-order valence-electron chi connectivity index (χ2n) is 6.22. The Morgan fingerprint density at radius 2 is 2.04 bits per heavy atom. The van der Waals surface area contributed by atoms with Gasteiger partial charge in [-0.05, 0) is 36.2 Å². The minimum absolute atomic E-state index is 0.0505. The molecular weight excluding hydrogens is 321 g/mol. The Balaban J connectivity index is 1.55. The molecular formula is C19H20FN3O2. The highest BCUT2D eigenvalue weighted by Crippen LogP contribution is 2.17. The van der Waals surface area contributed by atoms with E-state index in [4.69, 9.17) is 0 Å². The molecule has 0 unspecified atom stereocenters. The molecule has 0 aliphatic carbocycles. The van der Waals surface area contributed by atoms with Gasteiger partial charge in [-0.3, -0.25) is 4.79 Å². The summed E-state index contributed by atoms with van der Waals surface area (Å²) < 4.78 is 13.3. The van der Waals surface area contributed by atoms with Crippen LogP contribution in [0.4, 0.5) is 14.9 Å². The highest BCUT2D eigenvalue weighted by molar-refractivity contribution is 5.91. The van der Waals surface area contributed by atoms with Gasteiger partial charge in [0, 0.05) is 25.2 Å². The first kappa shape index (κ1) is 17.0. The molecule has 0 aromatic heterocycles. The maximum absolute atomic E-state index is 13.3. The van der Waals surface area contributed by atoms with Crippen LogP contribution in [0.1, 0.15) is 17.5 Å². The van der Waals surface area contributed by atoms with Crippen LogP contribution in [0.3, 0.4) is 0 Å². The van der Waals surface area contributed by atoms with E-state index in [0.717, 1.165) is 16.8 Å². The fourth-order valence-corrected chi connectivity index (χ4v) is 2.93. The first-order valence-electron chi connectivity index (χ1n) is 8.16. The molecule has 0 spiro atoms. The molecule has 3 amide bonds. The maximum Gasteiger partial charge on any atom is 0.319 e. The second-order valence-corrected chi connectivity index (χ2v) is 6.22. The van der Waals surface area contributed by atoms with E-state index >= 15 is 0 Å². The van der Waals surface area contributed by atoms with Crippen molar-refractivity contribution in [2.45, 2.75) is 25.9 Å². The maximum atomic E-state index is 13.3. The zero-order valence-corrected chi connectivity index (χ0v) is 14.0. The highest BCUT2D eigenvalue weighted by Gasteiger charge is 2.30. The Morgan fingerprint density at radius 3 is 2.80 bits per heavy atom. The summed E-state index contributed by atoms with van der Waals surface area (Å²) in [4.78, 5) is 25.9. The van der Waals surface area contributed by atoms with Crippen molar-refractivity contribution in [2.75, 3.05) is 11.9 Å². The monoisotopic (exact) mass is 341 g/mol. The number of nitrogens with one attached hydrogen (secondary N) is 2. The van der Waals surface area contributed by atoms with E-state index in [-0.39, 0.29) is 30.2 Å². The molecule has 1 atom stereocenters. The minimum Gasteiger partial charge on any atom is -0.336 e. The Bertz CT molecular complexity index is 794. The molecule has 1 aliphatic rings. The van der Waals surface area contributed by atoms with Crippen LogP contribution in [0.2, 0.25) is 0 Å². The summed E-state index contributed by atoms with van der Waals surface area (Å²) in [5.74, 6) is -0.373. The van der Waals surface area contributed by atoms with E-state index in [1.54, 1.807) is 17.0 Å². The van der Waals surface area contributed by atoms with Gasteiger partial charge < -0.3 is 15.5 Å². The van der Waals surface area contributed by atoms with Crippen LogP contribution in [-0.2, 0) is 11.3 Å². The number of carbonyl (C=O) groups is 2. The standard InChI is InChI=1S/C19H20FN3O2/c1-13-5-2-3-8-17(13)22-19(25)21-16-10-18(24)23(12-16)11-14-6-4-7-15(20)9-14/h2-9,16H,10-12H2,1H3,(H2,21,22,25)/t16-/m0/s1. The molecule has 1 fully saturated rings. The summed E-state index contributed by atoms with van der Waals surface area (Å²) in [5, 5.41) is 5.62. The molecule has 5 nitrogen and oxygen atoms in total. The van der Waals surface area contributed by atoms with Gasteiger partial charge in [0.2, 0.25) is 5.91 Å². The topological polar surface area (TPSA) is 61.4 Å². The van der Waals surface area contributed by atoms with E-state index in [1.165, 1.54) is 12.1 Å². The van der Waals surface area contributed by atoms with Crippen LogP contribution >= 0.6 is 0 Å². The van der Waals surface area contributed by atoms with Crippen LogP contribution in [-0.4, -0.2) is 29.4 Å². The predicted molar refractivity (Wildman–Crippen MR) is 93.6 cm³/mol. The molecule has 1 aliphatic heterocycles. The number of anilines is 1. The van der Waals surface area contributed by atoms with Gasteiger partial charge in [0.15, 0.2) is 0 Å². The molecule has 6 heteroatoms. The lowest BCUT2D eigenvalue weighted by Crippen LogP contribution is -2.39. The van der Waals surface area contributed by atoms with Gasteiger partial charge in [-0.1, -0.05) is 30.3 Å². The number of urea groups is 1. The van der Waals surface area contributed by atoms with Gasteiger partial charge in [-0.25, -0.2) is 9.18 Å². The number of hydrogen-bond donors (Lipinski definition) is 2. The Morgan fingerprint density at radius 1 is 1.24 bits per heavy atom. The van der Waals surface area contributed by atoms with Crippen LogP contribution in [0, 0.1) is 12.7 Å². The molecule has 1 saturated heterocycles.